The summed E-state index contributed by atoms with van der Waals surface area (Å²) in [4.78, 5) is 25.7. The topological polar surface area (TPSA) is 133 Å². The molecule has 2 heterocycles. The van der Waals surface area contributed by atoms with Crippen LogP contribution in [0.4, 0.5) is 4.79 Å². The van der Waals surface area contributed by atoms with Crippen molar-refractivity contribution in [3.63, 3.8) is 0 Å². The molecule has 1 unspecified atom stereocenters. The molecule has 2 saturated heterocycles. The Labute approximate surface area is 182 Å². The van der Waals surface area contributed by atoms with Crippen LogP contribution in [0.5, 0.6) is 0 Å². The van der Waals surface area contributed by atoms with Crippen molar-refractivity contribution in [1.29, 1.82) is 0 Å². The van der Waals surface area contributed by atoms with Crippen LogP contribution in [-0.4, -0.2) is 88.3 Å². The molecular formula is C19H26N4O6S2. The molecule has 0 bridgehead atoms. The molecule has 2 aliphatic heterocycles. The third-order valence-corrected chi connectivity index (χ3v) is 8.44. The van der Waals surface area contributed by atoms with Gasteiger partial charge in [0.25, 0.3) is 0 Å². The molecule has 0 saturated carbocycles. The van der Waals surface area contributed by atoms with E-state index in [9.17, 15) is 26.4 Å². The number of amides is 3. The Kier molecular flexibility index (Phi) is 7.46. The molecular weight excluding hydrogens is 444 g/mol. The average molecular weight is 471 g/mol. The van der Waals surface area contributed by atoms with Gasteiger partial charge >= 0.3 is 6.03 Å². The summed E-state index contributed by atoms with van der Waals surface area (Å²) in [5.74, 6) is -0.623. The highest BCUT2D eigenvalue weighted by Gasteiger charge is 2.30. The van der Waals surface area contributed by atoms with Gasteiger partial charge in [-0.1, -0.05) is 30.3 Å². The number of urea groups is 1. The summed E-state index contributed by atoms with van der Waals surface area (Å²) in [6.45, 7) is 1.13. The van der Waals surface area contributed by atoms with Crippen LogP contribution in [0.15, 0.2) is 35.7 Å². The zero-order valence-electron chi connectivity index (χ0n) is 16.9. The lowest BCUT2D eigenvalue weighted by Crippen LogP contribution is -2.52. The third kappa shape index (κ3) is 7.13. The van der Waals surface area contributed by atoms with E-state index in [-0.39, 0.29) is 31.1 Å². The summed E-state index contributed by atoms with van der Waals surface area (Å²) >= 11 is 0. The zero-order chi connectivity index (χ0) is 22.5. The molecule has 0 spiro atoms. The Bertz CT molecular complexity index is 1030. The predicted octanol–water partition coefficient (Wildman–Crippen LogP) is -0.382. The third-order valence-electron chi connectivity index (χ3n) is 5.11. The van der Waals surface area contributed by atoms with Crippen LogP contribution in [0.2, 0.25) is 0 Å². The van der Waals surface area contributed by atoms with E-state index < -0.39 is 37.8 Å². The number of imide groups is 1. The summed E-state index contributed by atoms with van der Waals surface area (Å²) in [5, 5.41) is 5.87. The minimum atomic E-state index is -3.56. The second-order valence-corrected chi connectivity index (χ2v) is 11.6. The molecule has 0 aliphatic carbocycles. The number of piperazine rings is 1. The maximum Gasteiger partial charge on any atom is 0.321 e. The van der Waals surface area contributed by atoms with Gasteiger partial charge in [-0.2, -0.15) is 4.31 Å². The maximum absolute atomic E-state index is 12.5. The number of rotatable bonds is 6. The summed E-state index contributed by atoms with van der Waals surface area (Å²) in [6, 6.07) is 7.91. The van der Waals surface area contributed by atoms with Crippen molar-refractivity contribution >= 4 is 37.9 Å². The number of hydrogen-bond acceptors (Lipinski definition) is 7. The van der Waals surface area contributed by atoms with Crippen LogP contribution >= 0.6 is 0 Å². The van der Waals surface area contributed by atoms with Crippen LogP contribution in [0.25, 0.3) is 6.08 Å². The van der Waals surface area contributed by atoms with Crippen LogP contribution in [0, 0.1) is 0 Å². The van der Waals surface area contributed by atoms with Gasteiger partial charge in [0.15, 0.2) is 9.84 Å². The zero-order valence-corrected chi connectivity index (χ0v) is 18.6. The highest BCUT2D eigenvalue weighted by atomic mass is 32.2. The fraction of sp³-hybridized carbons (Fsp3) is 0.474. The Balaban J connectivity index is 1.41. The summed E-state index contributed by atoms with van der Waals surface area (Å²) in [5.41, 5.74) is 0.787. The van der Waals surface area contributed by atoms with E-state index in [1.807, 2.05) is 30.3 Å². The lowest BCUT2D eigenvalue weighted by Gasteiger charge is -2.32. The molecule has 1 atom stereocenters. The van der Waals surface area contributed by atoms with Crippen LogP contribution < -0.4 is 10.6 Å². The van der Waals surface area contributed by atoms with Crippen LogP contribution in [-0.2, 0) is 24.7 Å². The van der Waals surface area contributed by atoms with Crippen molar-refractivity contribution in [1.82, 2.24) is 19.8 Å². The number of sulfone groups is 1. The van der Waals surface area contributed by atoms with Gasteiger partial charge in [-0.15, -0.1) is 0 Å². The molecule has 1 aromatic rings. The van der Waals surface area contributed by atoms with Crippen molar-refractivity contribution in [3.8, 4) is 0 Å². The first-order valence-electron chi connectivity index (χ1n) is 9.89. The number of sulfonamides is 1. The van der Waals surface area contributed by atoms with E-state index in [0.29, 0.717) is 19.5 Å². The van der Waals surface area contributed by atoms with Crippen molar-refractivity contribution < 1.29 is 26.4 Å². The predicted molar refractivity (Wildman–Crippen MR) is 116 cm³/mol. The summed E-state index contributed by atoms with van der Waals surface area (Å²) < 4.78 is 49.2. The van der Waals surface area contributed by atoms with E-state index in [2.05, 4.69) is 10.6 Å². The van der Waals surface area contributed by atoms with E-state index >= 15 is 0 Å². The normalized spacial score (nSPS) is 22.4. The minimum absolute atomic E-state index is 0.0274. The highest BCUT2D eigenvalue weighted by Crippen LogP contribution is 2.12. The van der Waals surface area contributed by atoms with Gasteiger partial charge in [-0.3, -0.25) is 15.0 Å². The number of nitrogens with zero attached hydrogens (tertiary/aromatic N) is 2. The quantitative estimate of drug-likeness (QED) is 0.579. The molecule has 2 fully saturated rings. The van der Waals surface area contributed by atoms with Gasteiger partial charge in [0.2, 0.25) is 15.9 Å². The molecule has 1 aromatic carbocycles. The molecule has 0 radical (unpaired) electrons. The molecule has 3 amide bonds. The first kappa shape index (κ1) is 23.4. The Hall–Kier alpha value is -2.28. The fourth-order valence-corrected chi connectivity index (χ4v) is 6.30. The summed E-state index contributed by atoms with van der Waals surface area (Å²) in [6.07, 6.45) is 1.88. The van der Waals surface area contributed by atoms with E-state index in [1.54, 1.807) is 11.0 Å². The lowest BCUT2D eigenvalue weighted by atomic mass is 10.2. The largest absolute Gasteiger partial charge is 0.334 e. The molecule has 12 heteroatoms. The second-order valence-electron chi connectivity index (χ2n) is 7.56. The number of nitrogens with one attached hydrogen (secondary N) is 2. The van der Waals surface area contributed by atoms with Gasteiger partial charge < -0.3 is 5.32 Å². The van der Waals surface area contributed by atoms with Crippen molar-refractivity contribution in [3.05, 3.63) is 41.3 Å². The van der Waals surface area contributed by atoms with E-state index in [4.69, 9.17) is 0 Å². The monoisotopic (exact) mass is 470 g/mol. The number of carbonyl (C=O) groups is 2. The number of benzene rings is 1. The Morgan fingerprint density at radius 1 is 1.10 bits per heavy atom. The standard InChI is InChI=1S/C19H26N4O6S2/c24-18(21-19(25)20-17-7-12-30(26,27)15-17)14-22-8-10-23(11-9-22)31(28,29)13-6-16-4-2-1-3-5-16/h1-6,13,17H,7-12,14-15H2,(H2,20,21,24,25)/b13-6+. The van der Waals surface area contributed by atoms with Gasteiger partial charge in [0.05, 0.1) is 18.1 Å². The Morgan fingerprint density at radius 2 is 1.77 bits per heavy atom. The van der Waals surface area contributed by atoms with Crippen LogP contribution in [0.1, 0.15) is 12.0 Å². The maximum atomic E-state index is 12.5. The molecule has 31 heavy (non-hydrogen) atoms. The van der Waals surface area contributed by atoms with E-state index in [1.165, 1.54) is 9.71 Å². The molecule has 2 aliphatic rings. The molecule has 0 aromatic heterocycles. The van der Waals surface area contributed by atoms with Gasteiger partial charge in [-0.05, 0) is 18.1 Å². The lowest BCUT2D eigenvalue weighted by molar-refractivity contribution is -0.121. The van der Waals surface area contributed by atoms with Crippen molar-refractivity contribution in [2.24, 2.45) is 0 Å². The molecule has 170 valence electrons. The number of hydrogen-bond donors (Lipinski definition) is 2. The van der Waals surface area contributed by atoms with Crippen molar-refractivity contribution in [2.45, 2.75) is 12.5 Å². The van der Waals surface area contributed by atoms with E-state index in [0.717, 1.165) is 5.56 Å². The second kappa shape index (κ2) is 9.90. The fourth-order valence-electron chi connectivity index (χ4n) is 3.46. The highest BCUT2D eigenvalue weighted by molar-refractivity contribution is 7.92. The first-order valence-corrected chi connectivity index (χ1v) is 13.2. The smallest absolute Gasteiger partial charge is 0.321 e. The van der Waals surface area contributed by atoms with Crippen LogP contribution in [0.3, 0.4) is 0 Å². The number of carbonyl (C=O) groups excluding carboxylic acids is 2. The average Bonchev–Trinajstić information content (AvgIpc) is 3.05. The van der Waals surface area contributed by atoms with Gasteiger partial charge in [0.1, 0.15) is 0 Å². The minimum Gasteiger partial charge on any atom is -0.334 e. The Morgan fingerprint density at radius 3 is 2.39 bits per heavy atom. The SMILES string of the molecule is O=C(CN1CCN(S(=O)(=O)/C=C/c2ccccc2)CC1)NC(=O)NC1CCS(=O)(=O)C1. The first-order chi connectivity index (χ1) is 14.6. The molecule has 2 N–H and O–H groups in total. The molecule has 10 nitrogen and oxygen atoms in total. The summed E-state index contributed by atoms with van der Waals surface area (Å²) in [7, 11) is -6.69. The van der Waals surface area contributed by atoms with Gasteiger partial charge in [0, 0.05) is 37.6 Å². The van der Waals surface area contributed by atoms with Gasteiger partial charge in [-0.25, -0.2) is 21.6 Å². The molecule has 3 rings (SSSR count). The van der Waals surface area contributed by atoms with Crippen molar-refractivity contribution in [2.75, 3.05) is 44.2 Å².